The molecule has 1 aromatic rings. The van der Waals surface area contributed by atoms with Gasteiger partial charge in [0.2, 0.25) is 0 Å². The molecule has 18 heavy (non-hydrogen) atoms. The van der Waals surface area contributed by atoms with Gasteiger partial charge in [0.05, 0.1) is 0 Å². The summed E-state index contributed by atoms with van der Waals surface area (Å²) in [7, 11) is 2.08. The highest BCUT2D eigenvalue weighted by Crippen LogP contribution is 2.07. The van der Waals surface area contributed by atoms with Crippen LogP contribution in [0, 0.1) is 11.6 Å². The minimum Gasteiger partial charge on any atom is -0.311 e. The van der Waals surface area contributed by atoms with Crippen molar-refractivity contribution >= 4 is 0 Å². The lowest BCUT2D eigenvalue weighted by Crippen LogP contribution is -2.34. The van der Waals surface area contributed by atoms with E-state index in [0.717, 1.165) is 25.6 Å². The summed E-state index contributed by atoms with van der Waals surface area (Å²) in [6.45, 7) is 6.56. The van der Waals surface area contributed by atoms with Gasteiger partial charge in [-0.05, 0) is 38.1 Å². The van der Waals surface area contributed by atoms with Crippen molar-refractivity contribution in [2.45, 2.75) is 32.9 Å². The molecule has 0 amide bonds. The Labute approximate surface area is 108 Å². The van der Waals surface area contributed by atoms with E-state index in [1.54, 1.807) is 0 Å². The van der Waals surface area contributed by atoms with Crippen LogP contribution in [0.4, 0.5) is 8.78 Å². The van der Waals surface area contributed by atoms with Gasteiger partial charge < -0.3 is 10.2 Å². The van der Waals surface area contributed by atoms with Gasteiger partial charge in [0.1, 0.15) is 11.6 Å². The zero-order chi connectivity index (χ0) is 13.5. The average Bonchev–Trinajstić information content (AvgIpc) is 2.32. The van der Waals surface area contributed by atoms with Gasteiger partial charge in [0.25, 0.3) is 0 Å². The molecule has 0 aliphatic carbocycles. The van der Waals surface area contributed by atoms with Crippen molar-refractivity contribution in [3.05, 3.63) is 35.4 Å². The highest BCUT2D eigenvalue weighted by molar-refractivity contribution is 5.17. The van der Waals surface area contributed by atoms with Crippen LogP contribution < -0.4 is 5.32 Å². The van der Waals surface area contributed by atoms with Crippen molar-refractivity contribution < 1.29 is 8.78 Å². The Kier molecular flexibility index (Phi) is 6.22. The number of hydrogen-bond donors (Lipinski definition) is 1. The molecule has 4 heteroatoms. The van der Waals surface area contributed by atoms with Crippen LogP contribution in [-0.4, -0.2) is 31.1 Å². The maximum Gasteiger partial charge on any atom is 0.126 e. The van der Waals surface area contributed by atoms with Gasteiger partial charge in [0.15, 0.2) is 0 Å². The Bertz CT molecular complexity index is 349. The van der Waals surface area contributed by atoms with Gasteiger partial charge in [-0.1, -0.05) is 6.92 Å². The van der Waals surface area contributed by atoms with E-state index in [1.165, 1.54) is 12.1 Å². The lowest BCUT2D eigenvalue weighted by molar-refractivity contribution is 0.251. The normalized spacial score (nSPS) is 13.0. The molecule has 1 atom stereocenters. The molecule has 0 heterocycles. The smallest absolute Gasteiger partial charge is 0.126 e. The number of benzene rings is 1. The molecule has 1 aromatic carbocycles. The predicted molar refractivity (Wildman–Crippen MR) is 70.4 cm³/mol. The highest BCUT2D eigenvalue weighted by Gasteiger charge is 2.05. The fourth-order valence-corrected chi connectivity index (χ4v) is 1.73. The molecule has 1 unspecified atom stereocenters. The van der Waals surface area contributed by atoms with Gasteiger partial charge in [-0.25, -0.2) is 8.78 Å². The van der Waals surface area contributed by atoms with E-state index in [2.05, 4.69) is 31.1 Å². The van der Waals surface area contributed by atoms with Crippen molar-refractivity contribution in [3.63, 3.8) is 0 Å². The van der Waals surface area contributed by atoms with Crippen molar-refractivity contribution in [2.24, 2.45) is 0 Å². The van der Waals surface area contributed by atoms with Gasteiger partial charge in [-0.15, -0.1) is 0 Å². The second kappa shape index (κ2) is 7.44. The standard InChI is InChI=1S/C14H22F2N2/c1-4-11(2)18(3)6-5-17-10-12-7-13(15)9-14(16)8-12/h7-9,11,17H,4-6,10H2,1-3H3. The molecule has 0 spiro atoms. The minimum absolute atomic E-state index is 0.489. The monoisotopic (exact) mass is 256 g/mol. The number of nitrogens with zero attached hydrogens (tertiary/aromatic N) is 1. The average molecular weight is 256 g/mol. The Morgan fingerprint density at radius 2 is 1.83 bits per heavy atom. The molecule has 0 aromatic heterocycles. The third kappa shape index (κ3) is 5.10. The lowest BCUT2D eigenvalue weighted by atomic mass is 10.2. The zero-order valence-electron chi connectivity index (χ0n) is 11.3. The first-order valence-corrected chi connectivity index (χ1v) is 6.39. The summed E-state index contributed by atoms with van der Waals surface area (Å²) in [6.07, 6.45) is 1.12. The summed E-state index contributed by atoms with van der Waals surface area (Å²) in [5.41, 5.74) is 0.638. The topological polar surface area (TPSA) is 15.3 Å². The van der Waals surface area contributed by atoms with Crippen LogP contribution >= 0.6 is 0 Å². The molecule has 1 rings (SSSR count). The second-order valence-corrected chi connectivity index (χ2v) is 4.69. The maximum absolute atomic E-state index is 12.9. The molecular weight excluding hydrogens is 234 g/mol. The summed E-state index contributed by atoms with van der Waals surface area (Å²) in [5.74, 6) is -1.05. The number of rotatable bonds is 7. The van der Waals surface area contributed by atoms with Gasteiger partial charge in [-0.3, -0.25) is 0 Å². The maximum atomic E-state index is 12.9. The number of halogens is 2. The quantitative estimate of drug-likeness (QED) is 0.755. The van der Waals surface area contributed by atoms with Crippen LogP contribution in [0.1, 0.15) is 25.8 Å². The van der Waals surface area contributed by atoms with Crippen molar-refractivity contribution in [3.8, 4) is 0 Å². The van der Waals surface area contributed by atoms with Crippen LogP contribution in [-0.2, 0) is 6.54 Å². The van der Waals surface area contributed by atoms with Crippen molar-refractivity contribution in [2.75, 3.05) is 20.1 Å². The molecule has 0 fully saturated rings. The highest BCUT2D eigenvalue weighted by atomic mass is 19.1. The van der Waals surface area contributed by atoms with E-state index in [1.807, 2.05) is 0 Å². The largest absolute Gasteiger partial charge is 0.311 e. The van der Waals surface area contributed by atoms with Crippen LogP contribution in [0.5, 0.6) is 0 Å². The second-order valence-electron chi connectivity index (χ2n) is 4.69. The summed E-state index contributed by atoms with van der Waals surface area (Å²) in [5, 5.41) is 3.19. The summed E-state index contributed by atoms with van der Waals surface area (Å²) < 4.78 is 25.9. The van der Waals surface area contributed by atoms with Gasteiger partial charge in [0, 0.05) is 31.7 Å². The van der Waals surface area contributed by atoms with Crippen LogP contribution in [0.15, 0.2) is 18.2 Å². The van der Waals surface area contributed by atoms with E-state index in [9.17, 15) is 8.78 Å². The van der Waals surface area contributed by atoms with E-state index < -0.39 is 11.6 Å². The van der Waals surface area contributed by atoms with E-state index in [-0.39, 0.29) is 0 Å². The predicted octanol–water partition coefficient (Wildman–Crippen LogP) is 2.78. The molecule has 0 aliphatic rings. The zero-order valence-corrected chi connectivity index (χ0v) is 11.3. The molecule has 0 saturated carbocycles. The Balaban J connectivity index is 2.29. The van der Waals surface area contributed by atoms with Gasteiger partial charge in [-0.2, -0.15) is 0 Å². The summed E-state index contributed by atoms with van der Waals surface area (Å²) in [6, 6.07) is 4.15. The molecule has 0 bridgehead atoms. The van der Waals surface area contributed by atoms with Crippen LogP contribution in [0.25, 0.3) is 0 Å². The van der Waals surface area contributed by atoms with Gasteiger partial charge >= 0.3 is 0 Å². The summed E-state index contributed by atoms with van der Waals surface area (Å²) >= 11 is 0. The van der Waals surface area contributed by atoms with Crippen LogP contribution in [0.2, 0.25) is 0 Å². The Hall–Kier alpha value is -1.00. The minimum atomic E-state index is -0.525. The Morgan fingerprint density at radius 3 is 2.39 bits per heavy atom. The molecule has 2 nitrogen and oxygen atoms in total. The third-order valence-corrected chi connectivity index (χ3v) is 3.24. The Morgan fingerprint density at radius 1 is 1.22 bits per heavy atom. The fraction of sp³-hybridized carbons (Fsp3) is 0.571. The SMILES string of the molecule is CCC(C)N(C)CCNCc1cc(F)cc(F)c1. The van der Waals surface area contributed by atoms with Crippen molar-refractivity contribution in [1.29, 1.82) is 0 Å². The van der Waals surface area contributed by atoms with Crippen LogP contribution in [0.3, 0.4) is 0 Å². The van der Waals surface area contributed by atoms with E-state index >= 15 is 0 Å². The first-order valence-electron chi connectivity index (χ1n) is 6.39. The third-order valence-electron chi connectivity index (χ3n) is 3.24. The number of hydrogen-bond acceptors (Lipinski definition) is 2. The number of nitrogens with one attached hydrogen (secondary N) is 1. The molecular formula is C14H22F2N2. The molecule has 1 N–H and O–H groups in total. The molecule has 102 valence electrons. The van der Waals surface area contributed by atoms with Crippen molar-refractivity contribution in [1.82, 2.24) is 10.2 Å². The first kappa shape index (κ1) is 15.1. The summed E-state index contributed by atoms with van der Waals surface area (Å²) in [4.78, 5) is 2.26. The molecule has 0 radical (unpaired) electrons. The molecule has 0 saturated heterocycles. The van der Waals surface area contributed by atoms with E-state index in [4.69, 9.17) is 0 Å². The fourth-order valence-electron chi connectivity index (χ4n) is 1.73. The lowest BCUT2D eigenvalue weighted by Gasteiger charge is -2.23. The first-order chi connectivity index (χ1) is 8.52. The van der Waals surface area contributed by atoms with E-state index in [0.29, 0.717) is 18.2 Å². The number of likely N-dealkylation sites (N-methyl/N-ethyl adjacent to an activating group) is 1. The molecule has 0 aliphatic heterocycles.